The van der Waals surface area contributed by atoms with Gasteiger partial charge in [0.05, 0.1) is 0 Å². The van der Waals surface area contributed by atoms with E-state index in [9.17, 15) is 4.79 Å². The predicted octanol–water partition coefficient (Wildman–Crippen LogP) is 2.65. The van der Waals surface area contributed by atoms with Gasteiger partial charge in [0.25, 0.3) is 0 Å². The van der Waals surface area contributed by atoms with Gasteiger partial charge >= 0.3 is 0 Å². The smallest absolute Gasteiger partial charge is 0.133 e. The van der Waals surface area contributed by atoms with Gasteiger partial charge in [0.1, 0.15) is 5.78 Å². The van der Waals surface area contributed by atoms with Gasteiger partial charge < -0.3 is 0 Å². The van der Waals surface area contributed by atoms with Gasteiger partial charge in [0, 0.05) is 12.8 Å². The highest BCUT2D eigenvalue weighted by Gasteiger charge is 2.27. The Morgan fingerprint density at radius 3 is 2.55 bits per heavy atom. The Labute approximate surface area is 69.2 Å². The molecule has 11 heavy (non-hydrogen) atoms. The SMILES string of the molecule is CC(C)[C@H]1CCC(=O)C[C@H]1C. The van der Waals surface area contributed by atoms with E-state index in [2.05, 4.69) is 20.8 Å². The fourth-order valence-corrected chi connectivity index (χ4v) is 2.22. The number of hydrogen-bond acceptors (Lipinski definition) is 1. The molecule has 2 atom stereocenters. The maximum Gasteiger partial charge on any atom is 0.133 e. The number of hydrogen-bond donors (Lipinski definition) is 0. The van der Waals surface area contributed by atoms with Gasteiger partial charge in [-0.05, 0) is 24.2 Å². The summed E-state index contributed by atoms with van der Waals surface area (Å²) in [5, 5.41) is 0. The van der Waals surface area contributed by atoms with Crippen molar-refractivity contribution in [2.45, 2.75) is 40.0 Å². The van der Waals surface area contributed by atoms with E-state index in [1.54, 1.807) is 0 Å². The fourth-order valence-electron chi connectivity index (χ4n) is 2.22. The average Bonchev–Trinajstić information content (AvgIpc) is 1.85. The highest BCUT2D eigenvalue weighted by atomic mass is 16.1. The Morgan fingerprint density at radius 1 is 1.45 bits per heavy atom. The van der Waals surface area contributed by atoms with Gasteiger partial charge in [-0.2, -0.15) is 0 Å². The Bertz CT molecular complexity index is 149. The van der Waals surface area contributed by atoms with Crippen molar-refractivity contribution < 1.29 is 4.79 Å². The minimum absolute atomic E-state index is 0.467. The molecule has 0 heterocycles. The van der Waals surface area contributed by atoms with Crippen molar-refractivity contribution in [3.05, 3.63) is 0 Å². The van der Waals surface area contributed by atoms with Crippen molar-refractivity contribution in [1.29, 1.82) is 0 Å². The normalized spacial score (nSPS) is 32.9. The summed E-state index contributed by atoms with van der Waals surface area (Å²) in [7, 11) is 0. The summed E-state index contributed by atoms with van der Waals surface area (Å²) in [6, 6.07) is 0. The summed E-state index contributed by atoms with van der Waals surface area (Å²) >= 11 is 0. The average molecular weight is 154 g/mol. The number of rotatable bonds is 1. The molecule has 1 fully saturated rings. The molecule has 64 valence electrons. The predicted molar refractivity (Wildman–Crippen MR) is 46.4 cm³/mol. The van der Waals surface area contributed by atoms with Crippen molar-refractivity contribution in [2.75, 3.05) is 0 Å². The molecule has 0 aromatic carbocycles. The van der Waals surface area contributed by atoms with E-state index < -0.39 is 0 Å². The zero-order valence-electron chi connectivity index (χ0n) is 7.76. The molecule has 1 nitrogen and oxygen atoms in total. The molecule has 1 aliphatic rings. The third-order valence-corrected chi connectivity index (χ3v) is 2.89. The molecule has 0 N–H and O–H groups in total. The molecular formula is C10H18O. The van der Waals surface area contributed by atoms with Crippen LogP contribution in [0.4, 0.5) is 0 Å². The van der Waals surface area contributed by atoms with Crippen LogP contribution in [0.25, 0.3) is 0 Å². The fraction of sp³-hybridized carbons (Fsp3) is 0.900. The largest absolute Gasteiger partial charge is 0.300 e. The molecule has 1 aliphatic carbocycles. The number of ketones is 1. The van der Waals surface area contributed by atoms with Crippen molar-refractivity contribution >= 4 is 5.78 Å². The lowest BCUT2D eigenvalue weighted by Crippen LogP contribution is -2.26. The molecule has 0 radical (unpaired) electrons. The first-order chi connectivity index (χ1) is 5.11. The zero-order valence-corrected chi connectivity index (χ0v) is 7.76. The zero-order chi connectivity index (χ0) is 8.43. The van der Waals surface area contributed by atoms with E-state index in [1.165, 1.54) is 0 Å². The molecule has 0 unspecified atom stereocenters. The molecule has 1 heteroatoms. The molecule has 0 aliphatic heterocycles. The van der Waals surface area contributed by atoms with Crippen molar-refractivity contribution in [3.63, 3.8) is 0 Å². The highest BCUT2D eigenvalue weighted by molar-refractivity contribution is 5.79. The first-order valence-electron chi connectivity index (χ1n) is 4.63. The van der Waals surface area contributed by atoms with Crippen LogP contribution >= 0.6 is 0 Å². The Balaban J connectivity index is 2.50. The van der Waals surface area contributed by atoms with Crippen molar-refractivity contribution in [2.24, 2.45) is 17.8 Å². The second kappa shape index (κ2) is 3.38. The number of carbonyl (C=O) groups excluding carboxylic acids is 1. The van der Waals surface area contributed by atoms with E-state index >= 15 is 0 Å². The second-order valence-corrected chi connectivity index (χ2v) is 4.17. The van der Waals surface area contributed by atoms with Gasteiger partial charge in [0.15, 0.2) is 0 Å². The molecule has 0 amide bonds. The Hall–Kier alpha value is -0.330. The standard InChI is InChI=1S/C10H18O/c1-7(2)10-5-4-9(11)6-8(10)3/h7-8,10H,4-6H2,1-3H3/t8-,10-/m1/s1. The molecule has 0 bridgehead atoms. The summed E-state index contributed by atoms with van der Waals surface area (Å²) in [4.78, 5) is 11.0. The van der Waals surface area contributed by atoms with Crippen LogP contribution < -0.4 is 0 Å². The lowest BCUT2D eigenvalue weighted by Gasteiger charge is -2.30. The minimum atomic E-state index is 0.467. The number of carbonyl (C=O) groups is 1. The van der Waals surface area contributed by atoms with Crippen LogP contribution in [0, 0.1) is 17.8 Å². The Kier molecular flexibility index (Phi) is 2.69. The van der Waals surface area contributed by atoms with E-state index in [1.807, 2.05) is 0 Å². The maximum atomic E-state index is 11.0. The van der Waals surface area contributed by atoms with Gasteiger partial charge in [-0.3, -0.25) is 4.79 Å². The lowest BCUT2D eigenvalue weighted by atomic mass is 9.74. The van der Waals surface area contributed by atoms with Gasteiger partial charge in [0.2, 0.25) is 0 Å². The molecule has 0 spiro atoms. The topological polar surface area (TPSA) is 17.1 Å². The van der Waals surface area contributed by atoms with Crippen LogP contribution in [0.1, 0.15) is 40.0 Å². The monoisotopic (exact) mass is 154 g/mol. The van der Waals surface area contributed by atoms with Crippen LogP contribution in [-0.4, -0.2) is 5.78 Å². The third-order valence-electron chi connectivity index (χ3n) is 2.89. The van der Waals surface area contributed by atoms with Crippen LogP contribution in [0.2, 0.25) is 0 Å². The first kappa shape index (κ1) is 8.76. The summed E-state index contributed by atoms with van der Waals surface area (Å²) < 4.78 is 0. The molecule has 1 saturated carbocycles. The van der Waals surface area contributed by atoms with Crippen molar-refractivity contribution in [1.82, 2.24) is 0 Å². The molecule has 0 aromatic rings. The third kappa shape index (κ3) is 2.05. The van der Waals surface area contributed by atoms with Crippen LogP contribution in [0.5, 0.6) is 0 Å². The summed E-state index contributed by atoms with van der Waals surface area (Å²) in [5.74, 6) is 2.62. The Morgan fingerprint density at radius 2 is 2.09 bits per heavy atom. The van der Waals surface area contributed by atoms with Crippen LogP contribution in [0.15, 0.2) is 0 Å². The summed E-state index contributed by atoms with van der Waals surface area (Å²) in [6.07, 6.45) is 2.77. The summed E-state index contributed by atoms with van der Waals surface area (Å²) in [5.41, 5.74) is 0. The van der Waals surface area contributed by atoms with Gasteiger partial charge in [-0.25, -0.2) is 0 Å². The molecule has 0 aromatic heterocycles. The van der Waals surface area contributed by atoms with E-state index in [4.69, 9.17) is 0 Å². The second-order valence-electron chi connectivity index (χ2n) is 4.17. The first-order valence-corrected chi connectivity index (χ1v) is 4.63. The maximum absolute atomic E-state index is 11.0. The molecular weight excluding hydrogens is 136 g/mol. The van der Waals surface area contributed by atoms with Crippen molar-refractivity contribution in [3.8, 4) is 0 Å². The van der Waals surface area contributed by atoms with Crippen LogP contribution in [-0.2, 0) is 4.79 Å². The van der Waals surface area contributed by atoms with E-state index in [0.717, 1.165) is 31.1 Å². The number of Topliss-reactive ketones (excluding diaryl/α,β-unsaturated/α-hetero) is 1. The van der Waals surface area contributed by atoms with Crippen LogP contribution in [0.3, 0.4) is 0 Å². The quantitative estimate of drug-likeness (QED) is 0.567. The van der Waals surface area contributed by atoms with Gasteiger partial charge in [-0.15, -0.1) is 0 Å². The molecule has 0 saturated heterocycles. The lowest BCUT2D eigenvalue weighted by molar-refractivity contribution is -0.122. The highest BCUT2D eigenvalue weighted by Crippen LogP contribution is 2.32. The van der Waals surface area contributed by atoms with E-state index in [0.29, 0.717) is 11.7 Å². The van der Waals surface area contributed by atoms with Gasteiger partial charge in [-0.1, -0.05) is 20.8 Å². The summed E-state index contributed by atoms with van der Waals surface area (Å²) in [6.45, 7) is 6.73. The molecule has 1 rings (SSSR count). The minimum Gasteiger partial charge on any atom is -0.300 e. The van der Waals surface area contributed by atoms with E-state index in [-0.39, 0.29) is 0 Å².